The summed E-state index contributed by atoms with van der Waals surface area (Å²) in [7, 11) is 0. The van der Waals surface area contributed by atoms with Crippen LogP contribution in [0.15, 0.2) is 109 Å². The van der Waals surface area contributed by atoms with Gasteiger partial charge in [-0.15, -0.1) is 0 Å². The Morgan fingerprint density at radius 2 is 1.11 bits per heavy atom. The number of amides is 3. The lowest BCUT2D eigenvalue weighted by Crippen LogP contribution is -2.40. The van der Waals surface area contributed by atoms with Crippen LogP contribution in [-0.2, 0) is 13.2 Å². The molecule has 5 aromatic carbocycles. The monoisotopic (exact) mass is 717 g/mol. The number of carbonyl (C=O) groups is 3. The summed E-state index contributed by atoms with van der Waals surface area (Å²) in [6.45, 7) is 11.7. The van der Waals surface area contributed by atoms with Crippen molar-refractivity contribution in [3.8, 4) is 17.2 Å². The van der Waals surface area contributed by atoms with Crippen molar-refractivity contribution in [3.63, 3.8) is 0 Å². The Balaban J connectivity index is 1.35. The van der Waals surface area contributed by atoms with E-state index in [2.05, 4.69) is 16.0 Å². The van der Waals surface area contributed by atoms with E-state index in [-0.39, 0.29) is 41.7 Å². The van der Waals surface area contributed by atoms with Crippen LogP contribution in [0.1, 0.15) is 82.4 Å². The first-order valence-electron chi connectivity index (χ1n) is 17.3. The quantitative estimate of drug-likeness (QED) is 0.112. The number of nitrogens with one attached hydrogen (secondary N) is 3. The van der Waals surface area contributed by atoms with Crippen molar-refractivity contribution in [1.82, 2.24) is 5.32 Å². The van der Waals surface area contributed by atoms with E-state index in [0.29, 0.717) is 46.2 Å². The van der Waals surface area contributed by atoms with Gasteiger partial charge in [-0.25, -0.2) is 4.39 Å². The molecule has 0 atom stereocenters. The molecular weight excluding hydrogens is 673 g/mol. The van der Waals surface area contributed by atoms with Crippen molar-refractivity contribution in [3.05, 3.63) is 148 Å². The molecule has 0 aliphatic heterocycles. The van der Waals surface area contributed by atoms with Crippen LogP contribution in [0.3, 0.4) is 0 Å². The second-order valence-corrected chi connectivity index (χ2v) is 13.9. The van der Waals surface area contributed by atoms with Crippen LogP contribution in [0.25, 0.3) is 0 Å². The minimum atomic E-state index is -0.478. The van der Waals surface area contributed by atoms with Crippen LogP contribution in [0.2, 0.25) is 0 Å². The van der Waals surface area contributed by atoms with Crippen LogP contribution < -0.4 is 30.2 Å². The molecule has 9 nitrogen and oxygen atoms in total. The molecule has 0 spiro atoms. The third kappa shape index (κ3) is 10.9. The summed E-state index contributed by atoms with van der Waals surface area (Å²) < 4.78 is 31.6. The molecule has 0 aliphatic carbocycles. The zero-order valence-corrected chi connectivity index (χ0v) is 30.7. The Morgan fingerprint density at radius 3 is 1.70 bits per heavy atom. The van der Waals surface area contributed by atoms with Gasteiger partial charge in [0.05, 0.1) is 17.5 Å². The Morgan fingerprint density at radius 1 is 0.623 bits per heavy atom. The normalized spacial score (nSPS) is 11.1. The summed E-state index contributed by atoms with van der Waals surface area (Å²) in [6.07, 6.45) is -0.264. The average Bonchev–Trinajstić information content (AvgIpc) is 3.11. The predicted octanol–water partition coefficient (Wildman–Crippen LogP) is 9.11. The molecule has 5 rings (SSSR count). The number of aryl methyl sites for hydroxylation is 1. The third-order valence-corrected chi connectivity index (χ3v) is 7.83. The highest BCUT2D eigenvalue weighted by Crippen LogP contribution is 2.31. The zero-order chi connectivity index (χ0) is 38.1. The fourth-order valence-corrected chi connectivity index (χ4v) is 5.18. The minimum Gasteiger partial charge on any atom is -0.489 e. The lowest BCUT2D eigenvalue weighted by molar-refractivity contribution is 0.0918. The van der Waals surface area contributed by atoms with E-state index in [0.717, 1.165) is 11.1 Å². The molecule has 3 N–H and O–H groups in total. The van der Waals surface area contributed by atoms with E-state index < -0.39 is 11.4 Å². The summed E-state index contributed by atoms with van der Waals surface area (Å²) in [5, 5.41) is 8.71. The largest absolute Gasteiger partial charge is 0.489 e. The number of hydrogen-bond acceptors (Lipinski definition) is 6. The molecule has 0 unspecified atom stereocenters. The third-order valence-electron chi connectivity index (χ3n) is 7.83. The number of anilines is 2. The van der Waals surface area contributed by atoms with Gasteiger partial charge in [-0.05, 0) is 119 Å². The minimum absolute atomic E-state index is 0.0654. The number of rotatable bonds is 13. The van der Waals surface area contributed by atoms with Gasteiger partial charge in [0, 0.05) is 22.2 Å². The van der Waals surface area contributed by atoms with Crippen molar-refractivity contribution in [2.45, 2.75) is 66.4 Å². The molecule has 0 aliphatic rings. The van der Waals surface area contributed by atoms with E-state index in [9.17, 15) is 18.8 Å². The molecule has 3 amide bonds. The highest BCUT2D eigenvalue weighted by molar-refractivity contribution is 6.08. The lowest BCUT2D eigenvalue weighted by atomic mass is 10.1. The Bertz CT molecular complexity index is 2080. The van der Waals surface area contributed by atoms with Crippen LogP contribution in [-0.4, -0.2) is 29.4 Å². The highest BCUT2D eigenvalue weighted by Gasteiger charge is 2.20. The molecule has 0 saturated heterocycles. The highest BCUT2D eigenvalue weighted by atomic mass is 19.1. The molecule has 0 bridgehead atoms. The molecule has 0 fully saturated rings. The maximum atomic E-state index is 13.7. The van der Waals surface area contributed by atoms with Crippen LogP contribution in [0, 0.1) is 12.7 Å². The van der Waals surface area contributed by atoms with Gasteiger partial charge in [-0.3, -0.25) is 14.4 Å². The van der Waals surface area contributed by atoms with Crippen molar-refractivity contribution in [2.24, 2.45) is 0 Å². The predicted molar refractivity (Wildman–Crippen MR) is 204 cm³/mol. The molecule has 53 heavy (non-hydrogen) atoms. The second-order valence-electron chi connectivity index (χ2n) is 13.9. The van der Waals surface area contributed by atoms with Crippen molar-refractivity contribution in [1.29, 1.82) is 0 Å². The Kier molecular flexibility index (Phi) is 12.1. The molecular formula is C43H44FN3O6. The van der Waals surface area contributed by atoms with Crippen LogP contribution in [0.4, 0.5) is 15.8 Å². The maximum absolute atomic E-state index is 13.7. The van der Waals surface area contributed by atoms with Crippen molar-refractivity contribution >= 4 is 29.1 Å². The maximum Gasteiger partial charge on any atom is 0.255 e. The number of halogens is 1. The molecule has 0 radical (unpaired) electrons. The first-order chi connectivity index (χ1) is 25.2. The summed E-state index contributed by atoms with van der Waals surface area (Å²) in [6, 6.07) is 30.3. The van der Waals surface area contributed by atoms with E-state index in [1.54, 1.807) is 60.7 Å². The molecule has 0 aromatic heterocycles. The van der Waals surface area contributed by atoms with Crippen LogP contribution in [0.5, 0.6) is 17.2 Å². The number of carbonyl (C=O) groups excluding carboxylic acids is 3. The lowest BCUT2D eigenvalue weighted by Gasteiger charge is -2.21. The second kappa shape index (κ2) is 16.9. The van der Waals surface area contributed by atoms with E-state index >= 15 is 0 Å². The average molecular weight is 718 g/mol. The van der Waals surface area contributed by atoms with Gasteiger partial charge in [0.1, 0.15) is 36.3 Å². The topological polar surface area (TPSA) is 115 Å². The van der Waals surface area contributed by atoms with E-state index in [4.69, 9.17) is 14.2 Å². The summed E-state index contributed by atoms with van der Waals surface area (Å²) in [4.78, 5) is 40.1. The van der Waals surface area contributed by atoms with E-state index in [1.165, 1.54) is 12.1 Å². The van der Waals surface area contributed by atoms with Gasteiger partial charge in [-0.2, -0.15) is 0 Å². The first kappa shape index (κ1) is 38.1. The van der Waals surface area contributed by atoms with Crippen molar-refractivity contribution in [2.75, 3.05) is 10.6 Å². The fourth-order valence-electron chi connectivity index (χ4n) is 5.18. The van der Waals surface area contributed by atoms with Gasteiger partial charge in [-0.1, -0.05) is 48.5 Å². The number of benzene rings is 5. The van der Waals surface area contributed by atoms with Crippen molar-refractivity contribution < 1.29 is 33.0 Å². The summed E-state index contributed by atoms with van der Waals surface area (Å²) >= 11 is 0. The molecule has 0 heterocycles. The Labute approximate surface area is 309 Å². The Hall–Kier alpha value is -6.16. The molecule has 10 heteroatoms. The molecule has 5 aromatic rings. The van der Waals surface area contributed by atoms with Gasteiger partial charge < -0.3 is 30.2 Å². The molecule has 0 saturated carbocycles. The fraction of sp³-hybridized carbons (Fsp3) is 0.233. The van der Waals surface area contributed by atoms with Gasteiger partial charge in [0.25, 0.3) is 17.7 Å². The first-order valence-corrected chi connectivity index (χ1v) is 17.3. The van der Waals surface area contributed by atoms with Gasteiger partial charge in [0.15, 0.2) is 0 Å². The summed E-state index contributed by atoms with van der Waals surface area (Å²) in [5.41, 5.74) is 3.81. The van der Waals surface area contributed by atoms with Gasteiger partial charge >= 0.3 is 0 Å². The summed E-state index contributed by atoms with van der Waals surface area (Å²) in [5.74, 6) is -0.393. The van der Waals surface area contributed by atoms with E-state index in [1.807, 2.05) is 77.9 Å². The smallest absolute Gasteiger partial charge is 0.255 e. The number of hydrogen-bond donors (Lipinski definition) is 3. The zero-order valence-electron chi connectivity index (χ0n) is 30.7. The molecule has 274 valence electrons. The standard InChI is InChI=1S/C43H44FN3O6/c1-27(2)53-39-24-32(16-21-36(39)46-40(48)31-15-12-28(3)37(22-31)51-25-29-10-8-7-9-11-29)41(49)45-35-20-17-33(42(50)47-43(4,5)6)23-38(35)52-26-30-13-18-34(44)19-14-30/h7-24,27H,25-26H2,1-6H3,(H,45,49)(H,46,48)(H,47,50). The number of ether oxygens (including phenoxy) is 3. The van der Waals surface area contributed by atoms with Crippen LogP contribution >= 0.6 is 0 Å². The SMILES string of the molecule is Cc1ccc(C(=O)Nc2ccc(C(=O)Nc3ccc(C(=O)NC(C)(C)C)cc3OCc3ccc(F)cc3)cc2OC(C)C)cc1OCc1ccccc1. The van der Waals surface area contributed by atoms with Gasteiger partial charge in [0.2, 0.25) is 0 Å².